The third kappa shape index (κ3) is 4.28. The lowest BCUT2D eigenvalue weighted by atomic mass is 9.69. The highest BCUT2D eigenvalue weighted by Gasteiger charge is 2.37. The Morgan fingerprint density at radius 2 is 1.93 bits per heavy atom. The van der Waals surface area contributed by atoms with Crippen LogP contribution in [-0.4, -0.2) is 25.7 Å². The molecule has 5 heteroatoms. The van der Waals surface area contributed by atoms with Gasteiger partial charge in [0.2, 0.25) is 0 Å². The Labute approximate surface area is 166 Å². The third-order valence-electron chi connectivity index (χ3n) is 5.44. The number of methoxy groups -OCH3 is 1. The fourth-order valence-corrected chi connectivity index (χ4v) is 3.79. The SMILES string of the molecule is CCOC(=O)c1ccc(NC2CCC(C#N)(c3cccc(OC)c3)CC2)cc1. The van der Waals surface area contributed by atoms with E-state index >= 15 is 0 Å². The molecule has 2 aromatic rings. The molecule has 0 aromatic heterocycles. The highest BCUT2D eigenvalue weighted by atomic mass is 16.5. The van der Waals surface area contributed by atoms with Crippen LogP contribution < -0.4 is 10.1 Å². The Bertz CT molecular complexity index is 847. The van der Waals surface area contributed by atoms with Crippen molar-refractivity contribution in [2.24, 2.45) is 0 Å². The molecule has 1 N–H and O–H groups in total. The van der Waals surface area contributed by atoms with Gasteiger partial charge in [-0.25, -0.2) is 4.79 Å². The molecule has 0 atom stereocenters. The van der Waals surface area contributed by atoms with Gasteiger partial charge in [-0.2, -0.15) is 5.26 Å². The number of anilines is 1. The zero-order valence-electron chi connectivity index (χ0n) is 16.4. The van der Waals surface area contributed by atoms with Crippen LogP contribution >= 0.6 is 0 Å². The molecule has 0 saturated heterocycles. The minimum absolute atomic E-state index is 0.302. The molecule has 146 valence electrons. The van der Waals surface area contributed by atoms with Gasteiger partial charge in [-0.1, -0.05) is 12.1 Å². The molecule has 0 radical (unpaired) electrons. The maximum absolute atomic E-state index is 11.7. The molecule has 3 rings (SSSR count). The lowest BCUT2D eigenvalue weighted by molar-refractivity contribution is 0.0526. The molecule has 1 aliphatic rings. The first-order valence-electron chi connectivity index (χ1n) is 9.70. The fraction of sp³-hybridized carbons (Fsp3) is 0.391. The zero-order chi connectivity index (χ0) is 20.0. The van der Waals surface area contributed by atoms with Crippen molar-refractivity contribution in [3.05, 3.63) is 59.7 Å². The van der Waals surface area contributed by atoms with E-state index in [0.29, 0.717) is 18.2 Å². The number of carbonyl (C=O) groups is 1. The predicted octanol–water partition coefficient (Wildman–Crippen LogP) is 4.69. The topological polar surface area (TPSA) is 71.3 Å². The molecular weight excluding hydrogens is 352 g/mol. The second-order valence-corrected chi connectivity index (χ2v) is 7.14. The molecule has 0 aliphatic heterocycles. The minimum atomic E-state index is -0.458. The van der Waals surface area contributed by atoms with E-state index in [1.54, 1.807) is 26.2 Å². The van der Waals surface area contributed by atoms with E-state index in [1.807, 2.05) is 36.4 Å². The van der Waals surface area contributed by atoms with Crippen LogP contribution in [0.4, 0.5) is 5.69 Å². The number of nitrogens with one attached hydrogen (secondary N) is 1. The first kappa shape index (κ1) is 19.8. The summed E-state index contributed by atoms with van der Waals surface area (Å²) >= 11 is 0. The van der Waals surface area contributed by atoms with E-state index in [2.05, 4.69) is 11.4 Å². The van der Waals surface area contributed by atoms with E-state index in [-0.39, 0.29) is 5.97 Å². The summed E-state index contributed by atoms with van der Waals surface area (Å²) in [5.41, 5.74) is 2.11. The van der Waals surface area contributed by atoms with Crippen molar-refractivity contribution in [3.63, 3.8) is 0 Å². The van der Waals surface area contributed by atoms with Crippen LogP contribution in [0.1, 0.15) is 48.5 Å². The maximum Gasteiger partial charge on any atom is 0.338 e. The smallest absolute Gasteiger partial charge is 0.338 e. The molecule has 0 amide bonds. The number of benzene rings is 2. The van der Waals surface area contributed by atoms with E-state index in [0.717, 1.165) is 42.7 Å². The van der Waals surface area contributed by atoms with E-state index < -0.39 is 5.41 Å². The fourth-order valence-electron chi connectivity index (χ4n) is 3.79. The number of esters is 1. The summed E-state index contributed by atoms with van der Waals surface area (Å²) in [7, 11) is 1.65. The molecule has 0 heterocycles. The highest BCUT2D eigenvalue weighted by Crippen LogP contribution is 2.40. The number of nitrogens with zero attached hydrogens (tertiary/aromatic N) is 1. The Hall–Kier alpha value is -3.00. The van der Waals surface area contributed by atoms with Gasteiger partial charge < -0.3 is 14.8 Å². The Balaban J connectivity index is 1.63. The lowest BCUT2D eigenvalue weighted by Gasteiger charge is -2.36. The van der Waals surface area contributed by atoms with Crippen molar-refractivity contribution in [1.82, 2.24) is 0 Å². The van der Waals surface area contributed by atoms with E-state index in [1.165, 1.54) is 0 Å². The normalized spacial score (nSPS) is 21.4. The maximum atomic E-state index is 11.7. The summed E-state index contributed by atoms with van der Waals surface area (Å²) in [6.07, 6.45) is 3.42. The quantitative estimate of drug-likeness (QED) is 0.739. The van der Waals surface area contributed by atoms with Gasteiger partial charge in [-0.3, -0.25) is 0 Å². The monoisotopic (exact) mass is 378 g/mol. The zero-order valence-corrected chi connectivity index (χ0v) is 16.4. The van der Waals surface area contributed by atoms with Crippen LogP contribution in [0.3, 0.4) is 0 Å². The summed E-state index contributed by atoms with van der Waals surface area (Å²) in [6, 6.07) is 18.1. The van der Waals surface area contributed by atoms with Gasteiger partial charge >= 0.3 is 5.97 Å². The standard InChI is InChI=1S/C23H26N2O3/c1-3-28-22(26)17-7-9-19(10-8-17)25-20-11-13-23(16-24,14-12-20)18-5-4-6-21(15-18)27-2/h4-10,15,20,25H,3,11-14H2,1-2H3. The van der Waals surface area contributed by atoms with Gasteiger partial charge in [0, 0.05) is 11.7 Å². The van der Waals surface area contributed by atoms with Crippen molar-refractivity contribution in [2.75, 3.05) is 19.0 Å². The number of hydrogen-bond donors (Lipinski definition) is 1. The average molecular weight is 378 g/mol. The van der Waals surface area contributed by atoms with Crippen molar-refractivity contribution in [1.29, 1.82) is 5.26 Å². The first-order valence-corrected chi connectivity index (χ1v) is 9.70. The summed E-state index contributed by atoms with van der Waals surface area (Å²) in [5.74, 6) is 0.484. The number of ether oxygens (including phenoxy) is 2. The number of rotatable bonds is 6. The molecule has 0 unspecified atom stereocenters. The largest absolute Gasteiger partial charge is 0.497 e. The second-order valence-electron chi connectivity index (χ2n) is 7.14. The van der Waals surface area contributed by atoms with Gasteiger partial charge in [0.15, 0.2) is 0 Å². The van der Waals surface area contributed by atoms with Crippen molar-refractivity contribution in [2.45, 2.75) is 44.1 Å². The summed E-state index contributed by atoms with van der Waals surface area (Å²) in [6.45, 7) is 2.17. The molecule has 28 heavy (non-hydrogen) atoms. The van der Waals surface area contributed by atoms with Gasteiger partial charge in [0.25, 0.3) is 0 Å². The third-order valence-corrected chi connectivity index (χ3v) is 5.44. The first-order chi connectivity index (χ1) is 13.6. The van der Waals surface area contributed by atoms with Crippen LogP contribution in [0.25, 0.3) is 0 Å². The molecule has 0 spiro atoms. The van der Waals surface area contributed by atoms with Crippen molar-refractivity contribution in [3.8, 4) is 11.8 Å². The van der Waals surface area contributed by atoms with E-state index in [4.69, 9.17) is 9.47 Å². The van der Waals surface area contributed by atoms with Crippen LogP contribution in [0.2, 0.25) is 0 Å². The minimum Gasteiger partial charge on any atom is -0.497 e. The number of hydrogen-bond acceptors (Lipinski definition) is 5. The number of carbonyl (C=O) groups excluding carboxylic acids is 1. The van der Waals surface area contributed by atoms with Crippen molar-refractivity contribution >= 4 is 11.7 Å². The van der Waals surface area contributed by atoms with Crippen LogP contribution in [0.5, 0.6) is 5.75 Å². The van der Waals surface area contributed by atoms with Gasteiger partial charge in [0.1, 0.15) is 5.75 Å². The predicted molar refractivity (Wildman–Crippen MR) is 109 cm³/mol. The average Bonchev–Trinajstić information content (AvgIpc) is 2.75. The summed E-state index contributed by atoms with van der Waals surface area (Å²) in [5, 5.41) is 13.4. The molecule has 1 aliphatic carbocycles. The van der Waals surface area contributed by atoms with E-state index in [9.17, 15) is 10.1 Å². The molecule has 1 fully saturated rings. The second kappa shape index (κ2) is 8.79. The number of nitriles is 1. The summed E-state index contributed by atoms with van der Waals surface area (Å²) < 4.78 is 10.3. The molecule has 2 aromatic carbocycles. The highest BCUT2D eigenvalue weighted by molar-refractivity contribution is 5.89. The molecule has 5 nitrogen and oxygen atoms in total. The molecule has 0 bridgehead atoms. The van der Waals surface area contributed by atoms with Crippen LogP contribution in [-0.2, 0) is 10.2 Å². The molecular formula is C23H26N2O3. The Kier molecular flexibility index (Phi) is 6.20. The van der Waals surface area contributed by atoms with Crippen LogP contribution in [0.15, 0.2) is 48.5 Å². The summed E-state index contributed by atoms with van der Waals surface area (Å²) in [4.78, 5) is 11.7. The van der Waals surface area contributed by atoms with Gasteiger partial charge in [0.05, 0.1) is 30.8 Å². The molecule has 1 saturated carbocycles. The van der Waals surface area contributed by atoms with Crippen molar-refractivity contribution < 1.29 is 14.3 Å². The van der Waals surface area contributed by atoms with Gasteiger partial charge in [-0.05, 0) is 74.6 Å². The Morgan fingerprint density at radius 1 is 1.21 bits per heavy atom. The van der Waals surface area contributed by atoms with Crippen LogP contribution in [0, 0.1) is 11.3 Å². The Morgan fingerprint density at radius 3 is 2.54 bits per heavy atom. The lowest BCUT2D eigenvalue weighted by Crippen LogP contribution is -2.35. The van der Waals surface area contributed by atoms with Gasteiger partial charge in [-0.15, -0.1) is 0 Å².